The third-order valence-corrected chi connectivity index (χ3v) is 3.43. The van der Waals surface area contributed by atoms with Gasteiger partial charge in [-0.3, -0.25) is 0 Å². The minimum atomic E-state index is 0.791. The van der Waals surface area contributed by atoms with Crippen LogP contribution in [0.3, 0.4) is 0 Å². The van der Waals surface area contributed by atoms with Gasteiger partial charge < -0.3 is 10.6 Å². The van der Waals surface area contributed by atoms with Crippen molar-refractivity contribution in [1.29, 1.82) is 0 Å². The number of nitrogen functional groups attached to an aromatic ring is 1. The van der Waals surface area contributed by atoms with E-state index in [0.717, 1.165) is 22.4 Å². The van der Waals surface area contributed by atoms with E-state index in [1.54, 1.807) is 0 Å². The maximum Gasteiger partial charge on any atom is 0.0601 e. The van der Waals surface area contributed by atoms with Crippen molar-refractivity contribution in [3.05, 3.63) is 58.1 Å². The first-order valence-corrected chi connectivity index (χ1v) is 6.67. The van der Waals surface area contributed by atoms with E-state index < -0.39 is 0 Å². The Kier molecular flexibility index (Phi) is 3.92. The number of hydrogen-bond donors (Lipinski definition) is 1. The van der Waals surface area contributed by atoms with Crippen molar-refractivity contribution in [2.24, 2.45) is 0 Å². The molecular weight excluding hydrogens is 288 g/mol. The number of nitrogens with zero attached hydrogens (tertiary/aromatic N) is 1. The van der Waals surface area contributed by atoms with Gasteiger partial charge in [0.05, 0.1) is 11.4 Å². The van der Waals surface area contributed by atoms with Gasteiger partial charge in [0, 0.05) is 18.1 Å². The zero-order valence-corrected chi connectivity index (χ0v) is 12.2. The molecule has 2 nitrogen and oxygen atoms in total. The van der Waals surface area contributed by atoms with Crippen molar-refractivity contribution >= 4 is 27.3 Å². The third kappa shape index (κ3) is 3.05. The summed E-state index contributed by atoms with van der Waals surface area (Å²) in [4.78, 5) is 2.16. The van der Waals surface area contributed by atoms with Crippen molar-refractivity contribution < 1.29 is 0 Å². The molecule has 18 heavy (non-hydrogen) atoms. The lowest BCUT2D eigenvalue weighted by atomic mass is 10.1. The van der Waals surface area contributed by atoms with Crippen molar-refractivity contribution in [1.82, 2.24) is 0 Å². The molecule has 0 unspecified atom stereocenters. The molecule has 2 aromatic carbocycles. The Bertz CT molecular complexity index is 535. The number of benzene rings is 2. The quantitative estimate of drug-likeness (QED) is 0.869. The summed E-state index contributed by atoms with van der Waals surface area (Å²) in [6, 6.07) is 14.6. The van der Waals surface area contributed by atoms with E-state index in [2.05, 4.69) is 59.1 Å². The Morgan fingerprint density at radius 3 is 2.39 bits per heavy atom. The van der Waals surface area contributed by atoms with Crippen molar-refractivity contribution in [2.45, 2.75) is 13.5 Å². The number of rotatable bonds is 3. The molecule has 0 aliphatic rings. The van der Waals surface area contributed by atoms with Crippen LogP contribution in [0.25, 0.3) is 0 Å². The molecule has 0 aliphatic heterocycles. The van der Waals surface area contributed by atoms with Crippen LogP contribution in [0.2, 0.25) is 0 Å². The Labute approximate surface area is 117 Å². The Morgan fingerprint density at radius 2 is 1.78 bits per heavy atom. The number of nitrogens with two attached hydrogens (primary N) is 1. The Hall–Kier alpha value is -1.48. The highest BCUT2D eigenvalue weighted by atomic mass is 79.9. The van der Waals surface area contributed by atoms with Gasteiger partial charge in [0.25, 0.3) is 0 Å². The van der Waals surface area contributed by atoms with Crippen LogP contribution in [0, 0.1) is 6.92 Å². The van der Waals surface area contributed by atoms with Gasteiger partial charge in [-0.2, -0.15) is 0 Å². The van der Waals surface area contributed by atoms with Gasteiger partial charge in [0.15, 0.2) is 0 Å². The Morgan fingerprint density at radius 1 is 1.11 bits per heavy atom. The number of hydrogen-bond acceptors (Lipinski definition) is 2. The minimum absolute atomic E-state index is 0.791. The second-order valence-corrected chi connectivity index (χ2v) is 5.46. The fourth-order valence-corrected chi connectivity index (χ4v) is 2.30. The van der Waals surface area contributed by atoms with E-state index in [9.17, 15) is 0 Å². The molecule has 2 rings (SSSR count). The van der Waals surface area contributed by atoms with Crippen LogP contribution in [-0.4, -0.2) is 7.05 Å². The van der Waals surface area contributed by atoms with Gasteiger partial charge in [0.1, 0.15) is 0 Å². The molecule has 2 aromatic rings. The van der Waals surface area contributed by atoms with E-state index in [1.165, 1.54) is 11.1 Å². The highest BCUT2D eigenvalue weighted by molar-refractivity contribution is 9.10. The smallest absolute Gasteiger partial charge is 0.0601 e. The van der Waals surface area contributed by atoms with Crippen LogP contribution in [0.5, 0.6) is 0 Å². The zero-order chi connectivity index (χ0) is 13.1. The average Bonchev–Trinajstić information content (AvgIpc) is 2.32. The predicted octanol–water partition coefficient (Wildman–Crippen LogP) is 3.98. The number of aryl methyl sites for hydroxylation is 1. The van der Waals surface area contributed by atoms with Crippen molar-refractivity contribution in [2.75, 3.05) is 17.7 Å². The lowest BCUT2D eigenvalue weighted by Crippen LogP contribution is -2.17. The third-order valence-electron chi connectivity index (χ3n) is 2.94. The monoisotopic (exact) mass is 304 g/mol. The fourth-order valence-electron chi connectivity index (χ4n) is 1.93. The lowest BCUT2D eigenvalue weighted by Gasteiger charge is -2.21. The van der Waals surface area contributed by atoms with Crippen LogP contribution >= 0.6 is 15.9 Å². The summed E-state index contributed by atoms with van der Waals surface area (Å²) >= 11 is 3.42. The van der Waals surface area contributed by atoms with Crippen LogP contribution < -0.4 is 10.6 Å². The van der Waals surface area contributed by atoms with Crippen LogP contribution in [-0.2, 0) is 6.54 Å². The van der Waals surface area contributed by atoms with Gasteiger partial charge >= 0.3 is 0 Å². The lowest BCUT2D eigenvalue weighted by molar-refractivity contribution is 0.924. The molecular formula is C15H17BrN2. The first kappa shape index (κ1) is 13.0. The van der Waals surface area contributed by atoms with E-state index in [1.807, 2.05) is 18.2 Å². The van der Waals surface area contributed by atoms with Gasteiger partial charge in [-0.15, -0.1) is 0 Å². The molecule has 0 radical (unpaired) electrons. The van der Waals surface area contributed by atoms with E-state index in [-0.39, 0.29) is 0 Å². The van der Waals surface area contributed by atoms with Crippen LogP contribution in [0.1, 0.15) is 11.1 Å². The van der Waals surface area contributed by atoms with Gasteiger partial charge in [0.2, 0.25) is 0 Å². The van der Waals surface area contributed by atoms with E-state index >= 15 is 0 Å². The molecule has 0 bridgehead atoms. The second kappa shape index (κ2) is 5.44. The van der Waals surface area contributed by atoms with Gasteiger partial charge in [-0.25, -0.2) is 0 Å². The van der Waals surface area contributed by atoms with Crippen LogP contribution in [0.4, 0.5) is 11.4 Å². The average molecular weight is 305 g/mol. The first-order valence-electron chi connectivity index (χ1n) is 5.88. The molecule has 0 atom stereocenters. The van der Waals surface area contributed by atoms with Gasteiger partial charge in [-0.1, -0.05) is 45.8 Å². The summed E-state index contributed by atoms with van der Waals surface area (Å²) in [5, 5.41) is 0. The second-order valence-electron chi connectivity index (χ2n) is 4.54. The molecule has 3 heteroatoms. The SMILES string of the molecule is Cc1ccc(CN(C)c2ccc(Br)cc2N)cc1. The van der Waals surface area contributed by atoms with Crippen LogP contribution in [0.15, 0.2) is 46.9 Å². The maximum atomic E-state index is 6.03. The summed E-state index contributed by atoms with van der Waals surface area (Å²) in [5.41, 5.74) is 10.4. The standard InChI is InChI=1S/C15H17BrN2/c1-11-3-5-12(6-4-11)10-18(2)15-8-7-13(16)9-14(15)17/h3-9H,10,17H2,1-2H3. The fraction of sp³-hybridized carbons (Fsp3) is 0.200. The largest absolute Gasteiger partial charge is 0.397 e. The molecule has 0 saturated carbocycles. The summed E-state index contributed by atoms with van der Waals surface area (Å²) in [6.07, 6.45) is 0. The predicted molar refractivity (Wildman–Crippen MR) is 81.8 cm³/mol. The van der Waals surface area contributed by atoms with Gasteiger partial charge in [-0.05, 0) is 30.7 Å². The summed E-state index contributed by atoms with van der Waals surface area (Å²) in [6.45, 7) is 2.95. The van der Waals surface area contributed by atoms with E-state index in [0.29, 0.717) is 0 Å². The molecule has 0 heterocycles. The summed E-state index contributed by atoms with van der Waals surface area (Å²) < 4.78 is 1.01. The summed E-state index contributed by atoms with van der Waals surface area (Å²) in [7, 11) is 2.06. The molecule has 0 aromatic heterocycles. The minimum Gasteiger partial charge on any atom is -0.397 e. The molecule has 0 aliphatic carbocycles. The first-order chi connectivity index (χ1) is 8.56. The molecule has 94 valence electrons. The molecule has 0 saturated heterocycles. The molecule has 0 spiro atoms. The number of halogens is 1. The molecule has 0 fully saturated rings. The zero-order valence-electron chi connectivity index (χ0n) is 10.7. The number of anilines is 2. The highest BCUT2D eigenvalue weighted by Crippen LogP contribution is 2.26. The molecule has 0 amide bonds. The van der Waals surface area contributed by atoms with Crippen molar-refractivity contribution in [3.8, 4) is 0 Å². The Balaban J connectivity index is 2.16. The van der Waals surface area contributed by atoms with E-state index in [4.69, 9.17) is 5.73 Å². The van der Waals surface area contributed by atoms with Crippen molar-refractivity contribution in [3.63, 3.8) is 0 Å². The maximum absolute atomic E-state index is 6.03. The summed E-state index contributed by atoms with van der Waals surface area (Å²) in [5.74, 6) is 0. The topological polar surface area (TPSA) is 29.3 Å². The normalized spacial score (nSPS) is 10.4. The molecule has 2 N–H and O–H groups in total. The highest BCUT2D eigenvalue weighted by Gasteiger charge is 2.06.